The minimum absolute atomic E-state index is 0.223. The van der Waals surface area contributed by atoms with Crippen molar-refractivity contribution in [3.8, 4) is 11.1 Å². The molecule has 4 atom stereocenters. The van der Waals surface area contributed by atoms with Crippen LogP contribution in [0.5, 0.6) is 0 Å². The van der Waals surface area contributed by atoms with E-state index < -0.39 is 23.8 Å². The predicted octanol–water partition coefficient (Wildman–Crippen LogP) is 5.31. The maximum atomic E-state index is 13.8. The summed E-state index contributed by atoms with van der Waals surface area (Å²) in [4.78, 5) is 39.8. The highest BCUT2D eigenvalue weighted by atomic mass is 16.5. The standard InChI is InChI=1S/C30H33NO5/c1-6-18(3)36-30(34)25-19(4)31-23-16-17(2)24(29(33)35-5)28(32)27(23)26(25)22-14-12-21(13-15-22)20-10-8-7-9-11-20/h7-15,17-18,24,26,31H,6,16H2,1-5H3/t17-,18+,24-,26-/m1/s1. The molecule has 2 aromatic carbocycles. The molecule has 0 amide bonds. The highest BCUT2D eigenvalue weighted by Gasteiger charge is 2.47. The van der Waals surface area contributed by atoms with Gasteiger partial charge in [0.2, 0.25) is 0 Å². The average molecular weight is 488 g/mol. The summed E-state index contributed by atoms with van der Waals surface area (Å²) in [6.45, 7) is 7.51. The van der Waals surface area contributed by atoms with Crippen molar-refractivity contribution in [1.29, 1.82) is 0 Å². The summed E-state index contributed by atoms with van der Waals surface area (Å²) in [5.41, 5.74) is 5.16. The number of hydrogen-bond acceptors (Lipinski definition) is 6. The third-order valence-corrected chi connectivity index (χ3v) is 7.20. The number of Topliss-reactive ketones (excluding diaryl/α,β-unsaturated/α-hetero) is 1. The number of carbonyl (C=O) groups excluding carboxylic acids is 3. The average Bonchev–Trinajstić information content (AvgIpc) is 2.88. The molecule has 0 saturated carbocycles. The van der Waals surface area contributed by atoms with Crippen LogP contribution < -0.4 is 5.32 Å². The van der Waals surface area contributed by atoms with Gasteiger partial charge < -0.3 is 14.8 Å². The van der Waals surface area contributed by atoms with E-state index in [-0.39, 0.29) is 17.8 Å². The third-order valence-electron chi connectivity index (χ3n) is 7.20. The molecule has 1 aliphatic heterocycles. The zero-order valence-corrected chi connectivity index (χ0v) is 21.5. The molecule has 0 radical (unpaired) electrons. The van der Waals surface area contributed by atoms with Gasteiger partial charge in [-0.25, -0.2) is 4.79 Å². The minimum Gasteiger partial charge on any atom is -0.468 e. The van der Waals surface area contributed by atoms with Crippen LogP contribution in [-0.2, 0) is 23.9 Å². The first-order valence-electron chi connectivity index (χ1n) is 12.5. The first kappa shape index (κ1) is 25.4. The molecule has 6 heteroatoms. The van der Waals surface area contributed by atoms with Crippen LogP contribution in [0.25, 0.3) is 11.1 Å². The van der Waals surface area contributed by atoms with Crippen molar-refractivity contribution in [3.63, 3.8) is 0 Å². The second kappa shape index (κ2) is 10.5. The maximum absolute atomic E-state index is 13.8. The van der Waals surface area contributed by atoms with Crippen molar-refractivity contribution in [3.05, 3.63) is 82.7 Å². The van der Waals surface area contributed by atoms with Crippen LogP contribution >= 0.6 is 0 Å². The number of ketones is 1. The number of hydrogen-bond donors (Lipinski definition) is 1. The van der Waals surface area contributed by atoms with E-state index in [1.165, 1.54) is 7.11 Å². The van der Waals surface area contributed by atoms with Crippen LogP contribution in [0.3, 0.4) is 0 Å². The molecule has 2 aromatic rings. The second-order valence-electron chi connectivity index (χ2n) is 9.65. The summed E-state index contributed by atoms with van der Waals surface area (Å²) < 4.78 is 10.7. The monoisotopic (exact) mass is 487 g/mol. The van der Waals surface area contributed by atoms with Gasteiger partial charge in [0.25, 0.3) is 0 Å². The van der Waals surface area contributed by atoms with Crippen LogP contribution in [0.15, 0.2) is 77.1 Å². The first-order chi connectivity index (χ1) is 17.3. The molecule has 0 spiro atoms. The molecule has 0 saturated heterocycles. The fourth-order valence-electron chi connectivity index (χ4n) is 5.11. The fourth-order valence-corrected chi connectivity index (χ4v) is 5.11. The van der Waals surface area contributed by atoms with Gasteiger partial charge in [0.05, 0.1) is 18.8 Å². The Morgan fingerprint density at radius 1 is 1.06 bits per heavy atom. The number of ether oxygens (including phenoxy) is 2. The summed E-state index contributed by atoms with van der Waals surface area (Å²) in [6, 6.07) is 17.9. The van der Waals surface area contributed by atoms with Gasteiger partial charge in [-0.2, -0.15) is 0 Å². The highest BCUT2D eigenvalue weighted by molar-refractivity contribution is 6.12. The number of benzene rings is 2. The molecule has 1 aliphatic carbocycles. The van der Waals surface area contributed by atoms with Gasteiger partial charge >= 0.3 is 11.9 Å². The number of dihydropyridines is 1. The van der Waals surface area contributed by atoms with Crippen molar-refractivity contribution in [2.24, 2.45) is 11.8 Å². The molecule has 36 heavy (non-hydrogen) atoms. The Morgan fingerprint density at radius 2 is 1.69 bits per heavy atom. The molecule has 0 aromatic heterocycles. The summed E-state index contributed by atoms with van der Waals surface area (Å²) >= 11 is 0. The lowest BCUT2D eigenvalue weighted by atomic mass is 9.69. The lowest BCUT2D eigenvalue weighted by Crippen LogP contribution is -2.43. The molecule has 4 rings (SSSR count). The molecule has 0 bridgehead atoms. The topological polar surface area (TPSA) is 81.7 Å². The molecule has 1 heterocycles. The Hall–Kier alpha value is -3.67. The maximum Gasteiger partial charge on any atom is 0.337 e. The van der Waals surface area contributed by atoms with Gasteiger partial charge in [-0.05, 0) is 49.3 Å². The molecule has 1 N–H and O–H groups in total. The molecular weight excluding hydrogens is 454 g/mol. The molecule has 0 fully saturated rings. The molecule has 0 unspecified atom stereocenters. The van der Waals surface area contributed by atoms with Crippen molar-refractivity contribution in [2.45, 2.75) is 52.6 Å². The molecule has 188 valence electrons. The Balaban J connectivity index is 1.83. The van der Waals surface area contributed by atoms with Crippen LogP contribution in [0, 0.1) is 11.8 Å². The fraction of sp³-hybridized carbons (Fsp3) is 0.367. The Labute approximate surface area is 212 Å². The van der Waals surface area contributed by atoms with Crippen molar-refractivity contribution in [2.75, 3.05) is 7.11 Å². The smallest absolute Gasteiger partial charge is 0.337 e. The van der Waals surface area contributed by atoms with Crippen LogP contribution in [0.2, 0.25) is 0 Å². The van der Waals surface area contributed by atoms with Crippen molar-refractivity contribution >= 4 is 17.7 Å². The Kier molecular flexibility index (Phi) is 7.43. The van der Waals surface area contributed by atoms with Gasteiger partial charge in [0.1, 0.15) is 5.92 Å². The number of methoxy groups -OCH3 is 1. The molecule has 6 nitrogen and oxygen atoms in total. The van der Waals surface area contributed by atoms with Crippen molar-refractivity contribution < 1.29 is 23.9 Å². The van der Waals surface area contributed by atoms with Gasteiger partial charge in [-0.1, -0.05) is 68.4 Å². The van der Waals surface area contributed by atoms with Gasteiger partial charge in [-0.3, -0.25) is 9.59 Å². The van der Waals surface area contributed by atoms with E-state index in [0.717, 1.165) is 22.4 Å². The summed E-state index contributed by atoms with van der Waals surface area (Å²) in [6.07, 6.45) is 0.917. The SMILES string of the molecule is CC[C@H](C)OC(=O)C1=C(C)NC2=C(C(=O)[C@H](C(=O)OC)[C@H](C)C2)[C@@H]1c1ccc(-c2ccccc2)cc1. The number of carbonyl (C=O) groups is 3. The van der Waals surface area contributed by atoms with Crippen molar-refractivity contribution in [1.82, 2.24) is 5.32 Å². The Morgan fingerprint density at radius 3 is 2.31 bits per heavy atom. The predicted molar refractivity (Wildman–Crippen MR) is 138 cm³/mol. The quantitative estimate of drug-likeness (QED) is 0.439. The van der Waals surface area contributed by atoms with E-state index in [1.54, 1.807) is 0 Å². The number of nitrogens with one attached hydrogen (secondary N) is 1. The second-order valence-corrected chi connectivity index (χ2v) is 9.65. The summed E-state index contributed by atoms with van der Waals surface area (Å²) in [5.74, 6) is -3.09. The van der Waals surface area contributed by atoms with E-state index in [4.69, 9.17) is 9.47 Å². The van der Waals surface area contributed by atoms with E-state index in [1.807, 2.05) is 82.3 Å². The Bertz CT molecular complexity index is 1230. The third kappa shape index (κ3) is 4.72. The van der Waals surface area contributed by atoms with Gasteiger partial charge in [0.15, 0.2) is 5.78 Å². The summed E-state index contributed by atoms with van der Waals surface area (Å²) in [7, 11) is 1.30. The lowest BCUT2D eigenvalue weighted by Gasteiger charge is -2.38. The zero-order valence-electron chi connectivity index (χ0n) is 21.5. The van der Waals surface area contributed by atoms with E-state index in [2.05, 4.69) is 5.32 Å². The highest BCUT2D eigenvalue weighted by Crippen LogP contribution is 2.45. The number of rotatable bonds is 6. The normalized spacial score (nSPS) is 22.5. The van der Waals surface area contributed by atoms with Gasteiger partial charge in [-0.15, -0.1) is 0 Å². The van der Waals surface area contributed by atoms with Crippen LogP contribution in [0.1, 0.15) is 52.0 Å². The summed E-state index contributed by atoms with van der Waals surface area (Å²) in [5, 5.41) is 3.30. The van der Waals surface area contributed by atoms with E-state index >= 15 is 0 Å². The minimum atomic E-state index is -0.910. The van der Waals surface area contributed by atoms with E-state index in [9.17, 15) is 14.4 Å². The zero-order chi connectivity index (χ0) is 26.0. The molecular formula is C30H33NO5. The lowest BCUT2D eigenvalue weighted by molar-refractivity contribution is -0.151. The first-order valence-corrected chi connectivity index (χ1v) is 12.5. The number of allylic oxidation sites excluding steroid dienone is 3. The van der Waals surface area contributed by atoms with Crippen LogP contribution in [0.4, 0.5) is 0 Å². The van der Waals surface area contributed by atoms with Crippen LogP contribution in [-0.4, -0.2) is 30.9 Å². The van der Waals surface area contributed by atoms with Gasteiger partial charge in [0, 0.05) is 22.9 Å². The number of esters is 2. The largest absolute Gasteiger partial charge is 0.468 e. The van der Waals surface area contributed by atoms with E-state index in [0.29, 0.717) is 29.7 Å². The molecule has 2 aliphatic rings.